The van der Waals surface area contributed by atoms with Crippen molar-refractivity contribution in [3.8, 4) is 0 Å². The molecule has 94 valence electrons. The third-order valence-corrected chi connectivity index (χ3v) is 4.45. The lowest BCUT2D eigenvalue weighted by atomic mass is 10.1. The number of nitrogens with zero attached hydrogens (tertiary/aromatic N) is 3. The standard InChI is InChI=1S/C12H20N4S/c1-12(2)5-6-16(7-8-17-12)11-4-3-10(9-13)14-15-11/h3-4H,5-9,13H2,1-2H3. The van der Waals surface area contributed by atoms with Gasteiger partial charge in [0.05, 0.1) is 5.69 Å². The van der Waals surface area contributed by atoms with E-state index in [2.05, 4.69) is 28.9 Å². The number of hydrogen-bond donors (Lipinski definition) is 1. The van der Waals surface area contributed by atoms with Gasteiger partial charge in [-0.3, -0.25) is 0 Å². The first-order valence-electron chi connectivity index (χ1n) is 6.02. The first-order valence-corrected chi connectivity index (χ1v) is 7.01. The van der Waals surface area contributed by atoms with Crippen molar-refractivity contribution >= 4 is 17.6 Å². The van der Waals surface area contributed by atoms with Gasteiger partial charge in [0.1, 0.15) is 0 Å². The van der Waals surface area contributed by atoms with Gasteiger partial charge in [0.2, 0.25) is 0 Å². The van der Waals surface area contributed by atoms with Crippen LogP contribution in [0.2, 0.25) is 0 Å². The van der Waals surface area contributed by atoms with Crippen LogP contribution < -0.4 is 10.6 Å². The van der Waals surface area contributed by atoms with Crippen molar-refractivity contribution in [1.29, 1.82) is 0 Å². The van der Waals surface area contributed by atoms with Crippen LogP contribution in [0.3, 0.4) is 0 Å². The van der Waals surface area contributed by atoms with Gasteiger partial charge in [0.15, 0.2) is 5.82 Å². The lowest BCUT2D eigenvalue weighted by Gasteiger charge is -2.23. The second kappa shape index (κ2) is 5.23. The molecule has 17 heavy (non-hydrogen) atoms. The van der Waals surface area contributed by atoms with Crippen molar-refractivity contribution in [2.75, 3.05) is 23.7 Å². The van der Waals surface area contributed by atoms with Gasteiger partial charge in [0.25, 0.3) is 0 Å². The average molecular weight is 252 g/mol. The molecule has 1 saturated heterocycles. The Bertz CT molecular complexity index is 363. The molecule has 1 aromatic heterocycles. The van der Waals surface area contributed by atoms with Crippen molar-refractivity contribution in [2.45, 2.75) is 31.6 Å². The normalized spacial score (nSPS) is 20.1. The first-order chi connectivity index (χ1) is 8.11. The van der Waals surface area contributed by atoms with Crippen LogP contribution >= 0.6 is 11.8 Å². The molecular weight excluding hydrogens is 232 g/mol. The fraction of sp³-hybridized carbons (Fsp3) is 0.667. The van der Waals surface area contributed by atoms with E-state index in [0.717, 1.165) is 30.4 Å². The van der Waals surface area contributed by atoms with E-state index in [9.17, 15) is 0 Å². The van der Waals surface area contributed by atoms with Crippen molar-refractivity contribution in [3.63, 3.8) is 0 Å². The molecular formula is C12H20N4S. The second-order valence-corrected chi connectivity index (χ2v) is 6.73. The maximum absolute atomic E-state index is 5.52. The largest absolute Gasteiger partial charge is 0.354 e. The molecule has 0 amide bonds. The summed E-state index contributed by atoms with van der Waals surface area (Å²) in [5.41, 5.74) is 6.37. The van der Waals surface area contributed by atoms with Gasteiger partial charge < -0.3 is 10.6 Å². The first kappa shape index (κ1) is 12.6. The fourth-order valence-corrected chi connectivity index (χ4v) is 2.98. The molecule has 2 rings (SSSR count). The van der Waals surface area contributed by atoms with E-state index >= 15 is 0 Å². The molecule has 0 bridgehead atoms. The smallest absolute Gasteiger partial charge is 0.151 e. The zero-order valence-electron chi connectivity index (χ0n) is 10.5. The van der Waals surface area contributed by atoms with Crippen molar-refractivity contribution in [2.24, 2.45) is 5.73 Å². The molecule has 1 fully saturated rings. The predicted molar refractivity (Wildman–Crippen MR) is 73.3 cm³/mol. The second-order valence-electron chi connectivity index (χ2n) is 4.93. The highest BCUT2D eigenvalue weighted by Crippen LogP contribution is 2.31. The van der Waals surface area contributed by atoms with Gasteiger partial charge in [-0.25, -0.2) is 0 Å². The SMILES string of the molecule is CC1(C)CCN(c2ccc(CN)nn2)CCS1. The zero-order valence-corrected chi connectivity index (χ0v) is 11.3. The molecule has 0 radical (unpaired) electrons. The van der Waals surface area contributed by atoms with Gasteiger partial charge in [-0.05, 0) is 18.6 Å². The molecule has 2 heterocycles. The summed E-state index contributed by atoms with van der Waals surface area (Å²) < 4.78 is 0.374. The minimum Gasteiger partial charge on any atom is -0.354 e. The van der Waals surface area contributed by atoms with E-state index in [-0.39, 0.29) is 0 Å². The van der Waals surface area contributed by atoms with Crippen LogP contribution in [-0.2, 0) is 6.54 Å². The van der Waals surface area contributed by atoms with E-state index in [1.165, 1.54) is 6.42 Å². The van der Waals surface area contributed by atoms with E-state index in [0.29, 0.717) is 11.3 Å². The summed E-state index contributed by atoms with van der Waals surface area (Å²) in [7, 11) is 0. The minimum absolute atomic E-state index is 0.374. The molecule has 0 aliphatic carbocycles. The Morgan fingerprint density at radius 1 is 1.35 bits per heavy atom. The highest BCUT2D eigenvalue weighted by atomic mass is 32.2. The maximum Gasteiger partial charge on any atom is 0.151 e. The van der Waals surface area contributed by atoms with E-state index < -0.39 is 0 Å². The summed E-state index contributed by atoms with van der Waals surface area (Å²) in [4.78, 5) is 2.31. The molecule has 1 aliphatic heterocycles. The van der Waals surface area contributed by atoms with E-state index in [1.54, 1.807) is 0 Å². The summed E-state index contributed by atoms with van der Waals surface area (Å²) in [6.45, 7) is 7.17. The Labute approximate surface area is 107 Å². The number of hydrogen-bond acceptors (Lipinski definition) is 5. The Kier molecular flexibility index (Phi) is 3.89. The molecule has 2 N–H and O–H groups in total. The summed E-state index contributed by atoms with van der Waals surface area (Å²) >= 11 is 2.04. The molecule has 0 atom stereocenters. The Balaban J connectivity index is 2.06. The minimum atomic E-state index is 0.374. The maximum atomic E-state index is 5.52. The summed E-state index contributed by atoms with van der Waals surface area (Å²) in [5, 5.41) is 8.37. The molecule has 5 heteroatoms. The van der Waals surface area contributed by atoms with Crippen LogP contribution in [0.15, 0.2) is 12.1 Å². The van der Waals surface area contributed by atoms with Crippen LogP contribution in [0.1, 0.15) is 26.0 Å². The molecule has 0 saturated carbocycles. The van der Waals surface area contributed by atoms with Crippen molar-refractivity contribution < 1.29 is 0 Å². The highest BCUT2D eigenvalue weighted by molar-refractivity contribution is 8.00. The van der Waals surface area contributed by atoms with Gasteiger partial charge in [0, 0.05) is 30.1 Å². The monoisotopic (exact) mass is 252 g/mol. The lowest BCUT2D eigenvalue weighted by molar-refractivity contribution is 0.633. The van der Waals surface area contributed by atoms with Gasteiger partial charge in [-0.2, -0.15) is 16.9 Å². The number of rotatable bonds is 2. The molecule has 0 spiro atoms. The topological polar surface area (TPSA) is 55.0 Å². The van der Waals surface area contributed by atoms with Crippen LogP contribution in [0.4, 0.5) is 5.82 Å². The Morgan fingerprint density at radius 2 is 2.18 bits per heavy atom. The zero-order chi connectivity index (χ0) is 12.3. The Hall–Kier alpha value is -0.810. The Morgan fingerprint density at radius 3 is 2.82 bits per heavy atom. The van der Waals surface area contributed by atoms with Crippen molar-refractivity contribution in [3.05, 3.63) is 17.8 Å². The van der Waals surface area contributed by atoms with Crippen LogP contribution in [0.25, 0.3) is 0 Å². The average Bonchev–Trinajstić information content (AvgIpc) is 2.50. The number of thioether (sulfide) groups is 1. The number of aromatic nitrogens is 2. The molecule has 4 nitrogen and oxygen atoms in total. The third kappa shape index (κ3) is 3.33. The van der Waals surface area contributed by atoms with E-state index in [4.69, 9.17) is 5.73 Å². The third-order valence-electron chi connectivity index (χ3n) is 3.08. The summed E-state index contributed by atoms with van der Waals surface area (Å²) in [5.74, 6) is 2.12. The van der Waals surface area contributed by atoms with Crippen molar-refractivity contribution in [1.82, 2.24) is 10.2 Å². The van der Waals surface area contributed by atoms with Crippen LogP contribution in [-0.4, -0.2) is 33.8 Å². The fourth-order valence-electron chi connectivity index (χ4n) is 1.88. The summed E-state index contributed by atoms with van der Waals surface area (Å²) in [6, 6.07) is 3.99. The molecule has 1 aliphatic rings. The summed E-state index contributed by atoms with van der Waals surface area (Å²) in [6.07, 6.45) is 1.18. The quantitative estimate of drug-likeness (QED) is 0.867. The van der Waals surface area contributed by atoms with Gasteiger partial charge in [-0.1, -0.05) is 13.8 Å². The van der Waals surface area contributed by atoms with Crippen LogP contribution in [0, 0.1) is 0 Å². The molecule has 1 aromatic rings. The predicted octanol–water partition coefficient (Wildman–Crippen LogP) is 1.66. The van der Waals surface area contributed by atoms with Gasteiger partial charge in [-0.15, -0.1) is 5.10 Å². The lowest BCUT2D eigenvalue weighted by Crippen LogP contribution is -2.28. The molecule has 0 unspecified atom stereocenters. The van der Waals surface area contributed by atoms with E-state index in [1.807, 2.05) is 23.9 Å². The number of nitrogens with two attached hydrogens (primary N) is 1. The highest BCUT2D eigenvalue weighted by Gasteiger charge is 2.24. The molecule has 0 aromatic carbocycles. The number of anilines is 1. The van der Waals surface area contributed by atoms with Gasteiger partial charge >= 0.3 is 0 Å². The van der Waals surface area contributed by atoms with Crippen LogP contribution in [0.5, 0.6) is 0 Å².